The third kappa shape index (κ3) is 4.17. The van der Waals surface area contributed by atoms with Gasteiger partial charge in [-0.25, -0.2) is 0 Å². The van der Waals surface area contributed by atoms with Crippen LogP contribution in [-0.4, -0.2) is 36.3 Å². The topological polar surface area (TPSA) is 49.4 Å². The zero-order valence-electron chi connectivity index (χ0n) is 10.5. The van der Waals surface area contributed by atoms with E-state index < -0.39 is 0 Å². The van der Waals surface area contributed by atoms with Crippen molar-refractivity contribution in [3.05, 3.63) is 31.8 Å². The molecule has 2 amide bonds. The van der Waals surface area contributed by atoms with E-state index in [9.17, 15) is 9.59 Å². The second-order valence-corrected chi connectivity index (χ2v) is 6.73. The van der Waals surface area contributed by atoms with Crippen LogP contribution >= 0.6 is 38.5 Å². The Balaban J connectivity index is 2.01. The Bertz CT molecular complexity index is 517. The number of nitrogens with one attached hydrogen (secondary N) is 1. The summed E-state index contributed by atoms with van der Waals surface area (Å²) >= 11 is 5.52. The van der Waals surface area contributed by atoms with Crippen molar-refractivity contribution in [3.8, 4) is 0 Å². The maximum atomic E-state index is 12.3. The van der Waals surface area contributed by atoms with E-state index in [-0.39, 0.29) is 18.4 Å². The normalized spacial score (nSPS) is 14.1. The van der Waals surface area contributed by atoms with E-state index in [1.165, 1.54) is 4.90 Å². The molecule has 2 rings (SSSR count). The van der Waals surface area contributed by atoms with Crippen LogP contribution in [0.25, 0.3) is 0 Å². The molecule has 0 unspecified atom stereocenters. The summed E-state index contributed by atoms with van der Waals surface area (Å²) in [6.07, 6.45) is 2.09. The fourth-order valence-corrected chi connectivity index (χ4v) is 2.56. The van der Waals surface area contributed by atoms with Crippen LogP contribution in [0.15, 0.2) is 22.7 Å². The Morgan fingerprint density at radius 1 is 1.47 bits per heavy atom. The molecule has 6 heteroatoms. The van der Waals surface area contributed by atoms with Crippen molar-refractivity contribution < 1.29 is 9.59 Å². The van der Waals surface area contributed by atoms with Gasteiger partial charge < -0.3 is 10.2 Å². The highest BCUT2D eigenvalue weighted by atomic mass is 127. The van der Waals surface area contributed by atoms with Crippen LogP contribution in [0.3, 0.4) is 0 Å². The van der Waals surface area contributed by atoms with Gasteiger partial charge in [-0.15, -0.1) is 0 Å². The van der Waals surface area contributed by atoms with Crippen LogP contribution in [0.4, 0.5) is 0 Å². The molecule has 0 bridgehead atoms. The maximum absolute atomic E-state index is 12.3. The first-order chi connectivity index (χ1) is 8.97. The monoisotopic (exact) mass is 436 g/mol. The number of carbonyl (C=O) groups is 2. The lowest BCUT2D eigenvalue weighted by atomic mass is 10.2. The number of carbonyl (C=O) groups excluding carboxylic acids is 2. The summed E-state index contributed by atoms with van der Waals surface area (Å²) in [5.74, 6) is -0.253. The fourth-order valence-electron chi connectivity index (χ4n) is 1.66. The first-order valence-corrected chi connectivity index (χ1v) is 7.84. The average Bonchev–Trinajstić information content (AvgIpc) is 3.15. The molecule has 102 valence electrons. The van der Waals surface area contributed by atoms with Crippen LogP contribution in [0.1, 0.15) is 23.2 Å². The molecule has 0 radical (unpaired) electrons. The van der Waals surface area contributed by atoms with Gasteiger partial charge in [-0.3, -0.25) is 9.59 Å². The van der Waals surface area contributed by atoms with Gasteiger partial charge in [0.25, 0.3) is 5.91 Å². The number of likely N-dealkylation sites (N-methyl/N-ethyl adjacent to an activating group) is 1. The summed E-state index contributed by atoms with van der Waals surface area (Å²) in [5, 5.41) is 2.87. The minimum Gasteiger partial charge on any atom is -0.352 e. The summed E-state index contributed by atoms with van der Waals surface area (Å²) < 4.78 is 1.73. The van der Waals surface area contributed by atoms with E-state index in [4.69, 9.17) is 0 Å². The van der Waals surface area contributed by atoms with Crippen LogP contribution < -0.4 is 5.32 Å². The molecular weight excluding hydrogens is 423 g/mol. The number of amides is 2. The molecule has 1 fully saturated rings. The highest BCUT2D eigenvalue weighted by Crippen LogP contribution is 2.21. The minimum absolute atomic E-state index is 0.0905. The van der Waals surface area contributed by atoms with Crippen molar-refractivity contribution >= 4 is 50.3 Å². The van der Waals surface area contributed by atoms with Crippen LogP contribution in [0.5, 0.6) is 0 Å². The second-order valence-electron chi connectivity index (χ2n) is 4.63. The van der Waals surface area contributed by atoms with E-state index >= 15 is 0 Å². The van der Waals surface area contributed by atoms with Crippen molar-refractivity contribution in [2.24, 2.45) is 0 Å². The molecule has 1 aromatic rings. The lowest BCUT2D eigenvalue weighted by Crippen LogP contribution is -2.39. The Morgan fingerprint density at radius 2 is 2.16 bits per heavy atom. The number of nitrogens with zero attached hydrogens (tertiary/aromatic N) is 1. The van der Waals surface area contributed by atoms with Crippen molar-refractivity contribution in [2.75, 3.05) is 13.6 Å². The number of rotatable bonds is 4. The van der Waals surface area contributed by atoms with Crippen molar-refractivity contribution in [2.45, 2.75) is 18.9 Å². The number of hydrogen-bond acceptors (Lipinski definition) is 2. The molecule has 0 aromatic heterocycles. The quantitative estimate of drug-likeness (QED) is 0.737. The molecule has 0 heterocycles. The van der Waals surface area contributed by atoms with Gasteiger partial charge in [0.15, 0.2) is 0 Å². The SMILES string of the molecule is CN(CC(=O)NC1CC1)C(=O)c1cc(I)ccc1Br. The second kappa shape index (κ2) is 6.21. The molecule has 1 aromatic carbocycles. The van der Waals surface area contributed by atoms with E-state index in [1.54, 1.807) is 7.05 Å². The Morgan fingerprint density at radius 3 is 2.79 bits per heavy atom. The molecule has 0 spiro atoms. The van der Waals surface area contributed by atoms with Gasteiger partial charge in [-0.1, -0.05) is 0 Å². The van der Waals surface area contributed by atoms with Gasteiger partial charge in [-0.05, 0) is 69.6 Å². The smallest absolute Gasteiger partial charge is 0.255 e. The zero-order valence-corrected chi connectivity index (χ0v) is 14.2. The van der Waals surface area contributed by atoms with Crippen molar-refractivity contribution in [3.63, 3.8) is 0 Å². The molecule has 1 aliphatic rings. The molecule has 19 heavy (non-hydrogen) atoms. The number of benzene rings is 1. The summed E-state index contributed by atoms with van der Waals surface area (Å²) in [6, 6.07) is 5.89. The van der Waals surface area contributed by atoms with E-state index in [2.05, 4.69) is 43.8 Å². The molecule has 1 saturated carbocycles. The predicted molar refractivity (Wildman–Crippen MR) is 85.0 cm³/mol. The minimum atomic E-state index is -0.156. The van der Waals surface area contributed by atoms with Crippen LogP contribution in [0, 0.1) is 3.57 Å². The zero-order chi connectivity index (χ0) is 14.0. The molecule has 1 aliphatic carbocycles. The number of halogens is 2. The molecule has 0 saturated heterocycles. The molecule has 0 aliphatic heterocycles. The van der Waals surface area contributed by atoms with Gasteiger partial charge in [0, 0.05) is 21.1 Å². The Hall–Kier alpha value is -0.630. The molecule has 4 nitrogen and oxygen atoms in total. The lowest BCUT2D eigenvalue weighted by molar-refractivity contribution is -0.121. The van der Waals surface area contributed by atoms with Crippen LogP contribution in [0.2, 0.25) is 0 Å². The fraction of sp³-hybridized carbons (Fsp3) is 0.385. The highest BCUT2D eigenvalue weighted by Gasteiger charge is 2.24. The van der Waals surface area contributed by atoms with E-state index in [0.29, 0.717) is 11.6 Å². The van der Waals surface area contributed by atoms with Gasteiger partial charge in [0.05, 0.1) is 12.1 Å². The van der Waals surface area contributed by atoms with Gasteiger partial charge in [0.2, 0.25) is 5.91 Å². The molecule has 1 N–H and O–H groups in total. The standard InChI is InChI=1S/C13H14BrIN2O2/c1-17(7-12(18)16-9-3-4-9)13(19)10-6-8(15)2-5-11(10)14/h2,5-6,9H,3-4,7H2,1H3,(H,16,18). The Kier molecular flexibility index (Phi) is 4.83. The van der Waals surface area contributed by atoms with Gasteiger partial charge in [0.1, 0.15) is 0 Å². The third-order valence-electron chi connectivity index (χ3n) is 2.83. The third-order valence-corrected chi connectivity index (χ3v) is 4.19. The molecular formula is C13H14BrIN2O2. The summed E-state index contributed by atoms with van der Waals surface area (Å²) in [4.78, 5) is 25.4. The van der Waals surface area contributed by atoms with Crippen molar-refractivity contribution in [1.82, 2.24) is 10.2 Å². The largest absolute Gasteiger partial charge is 0.352 e. The van der Waals surface area contributed by atoms with E-state index in [1.807, 2.05) is 18.2 Å². The maximum Gasteiger partial charge on any atom is 0.255 e. The summed E-state index contributed by atoms with van der Waals surface area (Å²) in [7, 11) is 1.64. The van der Waals surface area contributed by atoms with Gasteiger partial charge >= 0.3 is 0 Å². The lowest BCUT2D eigenvalue weighted by Gasteiger charge is -2.17. The van der Waals surface area contributed by atoms with Gasteiger partial charge in [-0.2, -0.15) is 0 Å². The first-order valence-electron chi connectivity index (χ1n) is 5.97. The molecule has 0 atom stereocenters. The highest BCUT2D eigenvalue weighted by molar-refractivity contribution is 14.1. The average molecular weight is 437 g/mol. The summed E-state index contributed by atoms with van der Waals surface area (Å²) in [5.41, 5.74) is 0.577. The predicted octanol–water partition coefficient (Wildman–Crippen LogP) is 2.40. The Labute approximate surface area is 134 Å². The number of hydrogen-bond donors (Lipinski definition) is 1. The van der Waals surface area contributed by atoms with E-state index in [0.717, 1.165) is 20.9 Å². The summed E-state index contributed by atoms with van der Waals surface area (Å²) in [6.45, 7) is 0.0905. The first kappa shape index (κ1) is 14.8. The van der Waals surface area contributed by atoms with Crippen LogP contribution in [-0.2, 0) is 4.79 Å². The van der Waals surface area contributed by atoms with Crippen molar-refractivity contribution in [1.29, 1.82) is 0 Å².